The molecule has 0 amide bonds. The maximum absolute atomic E-state index is 13.9. The Morgan fingerprint density at radius 1 is 1.16 bits per heavy atom. The van der Waals surface area contributed by atoms with Crippen molar-refractivity contribution in [1.29, 1.82) is 0 Å². The number of aromatic hydroxyl groups is 1. The van der Waals surface area contributed by atoms with Crippen molar-refractivity contribution in [3.05, 3.63) is 120 Å². The Kier molecular flexibility index (Phi) is 7.56. The van der Waals surface area contributed by atoms with Gasteiger partial charge in [0.1, 0.15) is 5.75 Å². The first-order valence-electron chi connectivity index (χ1n) is 11.8. The number of ether oxygens (including phenoxy) is 1. The number of carbonyl (C=O) groups is 1. The van der Waals surface area contributed by atoms with Crippen LogP contribution in [0.2, 0.25) is 5.02 Å². The molecule has 0 saturated heterocycles. The normalized spacial score (nSPS) is 15.2. The summed E-state index contributed by atoms with van der Waals surface area (Å²) in [6, 6.07) is 21.1. The van der Waals surface area contributed by atoms with Crippen molar-refractivity contribution in [1.82, 2.24) is 4.57 Å². The third-order valence-electron chi connectivity index (χ3n) is 6.08. The van der Waals surface area contributed by atoms with Crippen molar-refractivity contribution in [2.75, 3.05) is 12.9 Å². The van der Waals surface area contributed by atoms with Crippen LogP contribution in [0.5, 0.6) is 5.75 Å². The molecule has 192 valence electrons. The van der Waals surface area contributed by atoms with E-state index in [1.807, 2.05) is 60.9 Å². The van der Waals surface area contributed by atoms with Crippen molar-refractivity contribution < 1.29 is 14.6 Å². The lowest BCUT2D eigenvalue weighted by molar-refractivity contribution is -0.138. The van der Waals surface area contributed by atoms with Crippen molar-refractivity contribution in [3.8, 4) is 5.75 Å². The molecule has 1 aromatic heterocycles. The van der Waals surface area contributed by atoms with Gasteiger partial charge in [0.15, 0.2) is 4.80 Å². The van der Waals surface area contributed by atoms with Gasteiger partial charge >= 0.3 is 5.97 Å². The van der Waals surface area contributed by atoms with Crippen LogP contribution in [0.1, 0.15) is 29.7 Å². The van der Waals surface area contributed by atoms with Crippen LogP contribution >= 0.6 is 34.7 Å². The first kappa shape index (κ1) is 26.0. The smallest absolute Gasteiger partial charge is 0.338 e. The minimum Gasteiger partial charge on any atom is -0.507 e. The van der Waals surface area contributed by atoms with Crippen LogP contribution < -0.4 is 14.9 Å². The van der Waals surface area contributed by atoms with Crippen molar-refractivity contribution in [2.45, 2.75) is 17.9 Å². The van der Waals surface area contributed by atoms with E-state index in [0.717, 1.165) is 16.0 Å². The number of phenolic OH excluding ortho intramolecular Hbond substituents is 1. The lowest BCUT2D eigenvalue weighted by Gasteiger charge is -2.26. The van der Waals surface area contributed by atoms with Crippen LogP contribution in [0.25, 0.3) is 11.8 Å². The Hall–Kier alpha value is -3.59. The number of hydrogen-bond acceptors (Lipinski definition) is 7. The summed E-state index contributed by atoms with van der Waals surface area (Å²) in [5, 5.41) is 10.8. The molecule has 1 aliphatic rings. The molecular formula is C29H23ClN2O4S2. The molecule has 3 aromatic carbocycles. The SMILES string of the molecule is CCOC(=O)C1=C(c2ccccc2)N=c2s/c(=C\c3cc(Cl)ccc3O)c(=O)n2[C@H]1c1ccc(SC)cc1. The van der Waals surface area contributed by atoms with Gasteiger partial charge in [-0.1, -0.05) is 65.4 Å². The van der Waals surface area contributed by atoms with Crippen LogP contribution in [0, 0.1) is 0 Å². The topological polar surface area (TPSA) is 80.9 Å². The molecular weight excluding hydrogens is 540 g/mol. The number of hydrogen-bond donors (Lipinski definition) is 1. The van der Waals surface area contributed by atoms with Crippen LogP contribution in [0.15, 0.2) is 93.1 Å². The summed E-state index contributed by atoms with van der Waals surface area (Å²) in [4.78, 5) is 33.7. The molecule has 0 unspecified atom stereocenters. The minimum atomic E-state index is -0.758. The van der Waals surface area contributed by atoms with E-state index in [1.54, 1.807) is 36.9 Å². The van der Waals surface area contributed by atoms with E-state index >= 15 is 0 Å². The number of carbonyl (C=O) groups excluding carboxylic acids is 1. The summed E-state index contributed by atoms with van der Waals surface area (Å²) in [6.07, 6.45) is 3.58. The molecule has 38 heavy (non-hydrogen) atoms. The number of rotatable bonds is 6. The van der Waals surface area contributed by atoms with Crippen LogP contribution in [0.4, 0.5) is 0 Å². The molecule has 0 bridgehead atoms. The molecule has 4 aromatic rings. The predicted octanol–water partition coefficient (Wildman–Crippen LogP) is 5.02. The maximum Gasteiger partial charge on any atom is 0.338 e. The van der Waals surface area contributed by atoms with Gasteiger partial charge in [-0.05, 0) is 55.2 Å². The largest absolute Gasteiger partial charge is 0.507 e. The fraction of sp³-hybridized carbons (Fsp3) is 0.138. The van der Waals surface area contributed by atoms with Crippen molar-refractivity contribution in [3.63, 3.8) is 0 Å². The summed E-state index contributed by atoms with van der Waals surface area (Å²) < 4.78 is 7.37. The first-order chi connectivity index (χ1) is 18.4. The average molecular weight is 563 g/mol. The highest BCUT2D eigenvalue weighted by molar-refractivity contribution is 7.98. The number of thiazole rings is 1. The summed E-state index contributed by atoms with van der Waals surface area (Å²) in [5.41, 5.74) is 2.33. The number of benzene rings is 3. The zero-order chi connectivity index (χ0) is 26.8. The number of phenols is 1. The number of fused-ring (bicyclic) bond motifs is 1. The molecule has 0 radical (unpaired) electrons. The Balaban J connectivity index is 1.83. The highest BCUT2D eigenvalue weighted by atomic mass is 35.5. The first-order valence-corrected chi connectivity index (χ1v) is 14.2. The Morgan fingerprint density at radius 3 is 2.58 bits per heavy atom. The third kappa shape index (κ3) is 4.95. The average Bonchev–Trinajstić information content (AvgIpc) is 3.25. The molecule has 1 aliphatic heterocycles. The van der Waals surface area contributed by atoms with Gasteiger partial charge in [0.25, 0.3) is 5.56 Å². The van der Waals surface area contributed by atoms with E-state index < -0.39 is 12.0 Å². The lowest BCUT2D eigenvalue weighted by Crippen LogP contribution is -2.40. The Morgan fingerprint density at radius 2 is 1.89 bits per heavy atom. The number of nitrogens with zero attached hydrogens (tertiary/aromatic N) is 2. The van der Waals surface area contributed by atoms with E-state index in [1.165, 1.54) is 22.0 Å². The second-order valence-electron chi connectivity index (χ2n) is 8.41. The van der Waals surface area contributed by atoms with Crippen molar-refractivity contribution in [2.24, 2.45) is 4.99 Å². The monoisotopic (exact) mass is 562 g/mol. The van der Waals surface area contributed by atoms with Crippen LogP contribution in [0.3, 0.4) is 0 Å². The van der Waals surface area contributed by atoms with E-state index in [4.69, 9.17) is 21.3 Å². The van der Waals surface area contributed by atoms with Crippen LogP contribution in [-0.2, 0) is 9.53 Å². The van der Waals surface area contributed by atoms with E-state index in [9.17, 15) is 14.7 Å². The molecule has 0 spiro atoms. The standard InChI is InChI=1S/C29H23ClN2O4S2/c1-3-36-28(35)24-25(17-7-5-4-6-8-17)31-29-32(26(24)18-9-12-21(37-2)13-10-18)27(34)23(38-29)16-19-15-20(30)11-14-22(19)33/h4-16,26,33H,3H2,1-2H3/b23-16-/t26-/m0/s1. The number of aromatic nitrogens is 1. The quantitative estimate of drug-likeness (QED) is 0.264. The van der Waals surface area contributed by atoms with Gasteiger partial charge in [-0.3, -0.25) is 9.36 Å². The zero-order valence-corrected chi connectivity index (χ0v) is 22.9. The fourth-order valence-corrected chi connectivity index (χ4v) is 5.90. The number of esters is 1. The van der Waals surface area contributed by atoms with E-state index in [0.29, 0.717) is 31.2 Å². The van der Waals surface area contributed by atoms with Gasteiger partial charge in [0.05, 0.1) is 28.5 Å². The Labute approximate surface area is 232 Å². The fourth-order valence-electron chi connectivity index (χ4n) is 4.32. The Bertz CT molecular complexity index is 1730. The molecule has 9 heteroatoms. The highest BCUT2D eigenvalue weighted by Crippen LogP contribution is 2.35. The lowest BCUT2D eigenvalue weighted by atomic mass is 9.93. The maximum atomic E-state index is 13.9. The van der Waals surface area contributed by atoms with Gasteiger partial charge in [-0.25, -0.2) is 9.79 Å². The molecule has 0 fully saturated rings. The summed E-state index contributed by atoms with van der Waals surface area (Å²) in [7, 11) is 0. The zero-order valence-electron chi connectivity index (χ0n) is 20.6. The predicted molar refractivity (Wildman–Crippen MR) is 152 cm³/mol. The third-order valence-corrected chi connectivity index (χ3v) is 8.04. The van der Waals surface area contributed by atoms with E-state index in [-0.39, 0.29) is 17.9 Å². The van der Waals surface area contributed by atoms with Crippen LogP contribution in [-0.4, -0.2) is 28.5 Å². The van der Waals surface area contributed by atoms with Crippen molar-refractivity contribution >= 4 is 52.4 Å². The summed E-state index contributed by atoms with van der Waals surface area (Å²) in [6.45, 7) is 1.93. The van der Waals surface area contributed by atoms with Gasteiger partial charge in [0.2, 0.25) is 0 Å². The molecule has 6 nitrogen and oxygen atoms in total. The summed E-state index contributed by atoms with van der Waals surface area (Å²) >= 11 is 8.92. The highest BCUT2D eigenvalue weighted by Gasteiger charge is 2.35. The molecule has 5 rings (SSSR count). The summed E-state index contributed by atoms with van der Waals surface area (Å²) in [5.74, 6) is -0.530. The molecule has 0 aliphatic carbocycles. The van der Waals surface area contributed by atoms with Gasteiger partial charge < -0.3 is 9.84 Å². The molecule has 1 N–H and O–H groups in total. The van der Waals surface area contributed by atoms with Gasteiger partial charge in [-0.15, -0.1) is 11.8 Å². The number of halogens is 1. The molecule has 2 heterocycles. The van der Waals surface area contributed by atoms with Gasteiger partial charge in [-0.2, -0.15) is 0 Å². The van der Waals surface area contributed by atoms with E-state index in [2.05, 4.69) is 0 Å². The second-order valence-corrected chi connectivity index (χ2v) is 10.7. The number of thioether (sulfide) groups is 1. The second kappa shape index (κ2) is 11.0. The molecule has 1 atom stereocenters. The van der Waals surface area contributed by atoms with Gasteiger partial charge in [0, 0.05) is 21.0 Å². The molecule has 0 saturated carbocycles. The minimum absolute atomic E-state index is 0.00151.